The third kappa shape index (κ3) is 6.07. The molecule has 0 bridgehead atoms. The first-order chi connectivity index (χ1) is 12.2. The minimum atomic E-state index is 0. The number of likely N-dealkylation sites (tertiary alicyclic amines) is 1. The van der Waals surface area contributed by atoms with Crippen LogP contribution in [0.3, 0.4) is 0 Å². The number of thiazole rings is 1. The van der Waals surface area contributed by atoms with Crippen LogP contribution in [0.5, 0.6) is 5.75 Å². The lowest BCUT2D eigenvalue weighted by molar-refractivity contribution is 0.0686. The summed E-state index contributed by atoms with van der Waals surface area (Å²) < 4.78 is 5.46. The van der Waals surface area contributed by atoms with Crippen molar-refractivity contribution in [2.45, 2.75) is 19.8 Å². The number of carbonyl (C=O) groups excluding carboxylic acids is 1. The van der Waals surface area contributed by atoms with Crippen LogP contribution in [-0.4, -0.2) is 49.1 Å². The van der Waals surface area contributed by atoms with Crippen molar-refractivity contribution in [3.05, 3.63) is 35.3 Å². The van der Waals surface area contributed by atoms with Gasteiger partial charge in [-0.3, -0.25) is 4.79 Å². The fourth-order valence-electron chi connectivity index (χ4n) is 3.16. The molecule has 2 aromatic rings. The molecule has 150 valence electrons. The monoisotopic (exact) mass is 431 g/mol. The molecule has 1 aliphatic rings. The maximum absolute atomic E-state index is 12.7. The van der Waals surface area contributed by atoms with Gasteiger partial charge in [0, 0.05) is 24.0 Å². The van der Waals surface area contributed by atoms with Gasteiger partial charge >= 0.3 is 0 Å². The molecule has 5 nitrogen and oxygen atoms in total. The first-order valence-corrected chi connectivity index (χ1v) is 9.72. The summed E-state index contributed by atoms with van der Waals surface area (Å²) in [6, 6.07) is 7.85. The quantitative estimate of drug-likeness (QED) is 0.746. The molecule has 0 radical (unpaired) electrons. The van der Waals surface area contributed by atoms with Crippen molar-refractivity contribution >= 4 is 42.1 Å². The highest BCUT2D eigenvalue weighted by Gasteiger charge is 2.24. The van der Waals surface area contributed by atoms with Crippen LogP contribution in [-0.2, 0) is 0 Å². The average molecular weight is 432 g/mol. The summed E-state index contributed by atoms with van der Waals surface area (Å²) >= 11 is 1.51. The lowest BCUT2D eigenvalue weighted by atomic mass is 9.97. The van der Waals surface area contributed by atoms with Gasteiger partial charge in [-0.05, 0) is 63.5 Å². The zero-order valence-electron chi connectivity index (χ0n) is 15.6. The number of carbonyl (C=O) groups is 1. The number of rotatable bonds is 6. The molecular formula is C19H27Cl2N3O2S. The molecule has 0 spiro atoms. The van der Waals surface area contributed by atoms with Crippen LogP contribution in [0.2, 0.25) is 0 Å². The molecule has 1 aromatic heterocycles. The molecular weight excluding hydrogens is 405 g/mol. The molecule has 0 saturated carbocycles. The zero-order valence-corrected chi connectivity index (χ0v) is 18.1. The highest BCUT2D eigenvalue weighted by atomic mass is 35.5. The van der Waals surface area contributed by atoms with E-state index >= 15 is 0 Å². The Morgan fingerprint density at radius 1 is 1.26 bits per heavy atom. The number of amides is 1. The minimum Gasteiger partial charge on any atom is -0.494 e. The second-order valence-corrected chi connectivity index (χ2v) is 7.15. The molecule has 1 aromatic carbocycles. The molecule has 0 unspecified atom stereocenters. The highest BCUT2D eigenvalue weighted by Crippen LogP contribution is 2.27. The highest BCUT2D eigenvalue weighted by molar-refractivity contribution is 7.13. The van der Waals surface area contributed by atoms with Crippen molar-refractivity contribution in [2.24, 2.45) is 5.92 Å². The Balaban J connectivity index is 0.00000182. The molecule has 1 fully saturated rings. The summed E-state index contributed by atoms with van der Waals surface area (Å²) in [5, 5.41) is 5.96. The topological polar surface area (TPSA) is 54.5 Å². The predicted octanol–water partition coefficient (Wildman–Crippen LogP) is 4.12. The summed E-state index contributed by atoms with van der Waals surface area (Å²) in [6.45, 7) is 5.29. The van der Waals surface area contributed by atoms with Gasteiger partial charge < -0.3 is 15.0 Å². The molecule has 1 amide bonds. The molecule has 1 aliphatic heterocycles. The first-order valence-electron chi connectivity index (χ1n) is 8.84. The van der Waals surface area contributed by atoms with Crippen LogP contribution in [0.1, 0.15) is 30.3 Å². The Bertz CT molecular complexity index is 701. The van der Waals surface area contributed by atoms with Gasteiger partial charge in [0.1, 0.15) is 16.5 Å². The van der Waals surface area contributed by atoms with E-state index in [0.29, 0.717) is 18.2 Å². The molecule has 27 heavy (non-hydrogen) atoms. The summed E-state index contributed by atoms with van der Waals surface area (Å²) in [7, 11) is 1.98. The molecule has 3 rings (SSSR count). The van der Waals surface area contributed by atoms with E-state index in [0.717, 1.165) is 48.8 Å². The molecule has 0 aliphatic carbocycles. The second-order valence-electron chi connectivity index (χ2n) is 6.29. The summed E-state index contributed by atoms with van der Waals surface area (Å²) in [6.07, 6.45) is 2.12. The van der Waals surface area contributed by atoms with E-state index in [1.54, 1.807) is 0 Å². The maximum Gasteiger partial charge on any atom is 0.273 e. The van der Waals surface area contributed by atoms with Crippen LogP contribution in [0.25, 0.3) is 10.6 Å². The van der Waals surface area contributed by atoms with Gasteiger partial charge in [-0.1, -0.05) is 0 Å². The normalized spacial score (nSPS) is 14.2. The smallest absolute Gasteiger partial charge is 0.273 e. The lowest BCUT2D eigenvalue weighted by Crippen LogP contribution is -2.40. The van der Waals surface area contributed by atoms with E-state index in [1.807, 2.05) is 48.5 Å². The van der Waals surface area contributed by atoms with Gasteiger partial charge in [0.25, 0.3) is 5.91 Å². The van der Waals surface area contributed by atoms with Crippen LogP contribution in [0.15, 0.2) is 29.6 Å². The van der Waals surface area contributed by atoms with Crippen molar-refractivity contribution < 1.29 is 9.53 Å². The Morgan fingerprint density at radius 3 is 2.52 bits per heavy atom. The Morgan fingerprint density at radius 2 is 1.93 bits per heavy atom. The molecule has 1 saturated heterocycles. The largest absolute Gasteiger partial charge is 0.494 e. The van der Waals surface area contributed by atoms with Crippen LogP contribution in [0.4, 0.5) is 0 Å². The first kappa shape index (κ1) is 23.7. The fourth-order valence-corrected chi connectivity index (χ4v) is 3.96. The number of benzene rings is 1. The van der Waals surface area contributed by atoms with Crippen LogP contribution >= 0.6 is 36.2 Å². The second kappa shape index (κ2) is 11.5. The van der Waals surface area contributed by atoms with Crippen molar-refractivity contribution in [1.82, 2.24) is 15.2 Å². The molecule has 2 heterocycles. The van der Waals surface area contributed by atoms with Gasteiger partial charge in [-0.2, -0.15) is 0 Å². The number of hydrogen-bond donors (Lipinski definition) is 1. The van der Waals surface area contributed by atoms with E-state index in [-0.39, 0.29) is 30.7 Å². The number of nitrogens with zero attached hydrogens (tertiary/aromatic N) is 2. The van der Waals surface area contributed by atoms with Gasteiger partial charge in [-0.15, -0.1) is 36.2 Å². The Labute approximate surface area is 177 Å². The Kier molecular flexibility index (Phi) is 10.1. The predicted molar refractivity (Wildman–Crippen MR) is 116 cm³/mol. The minimum absolute atomic E-state index is 0. The van der Waals surface area contributed by atoms with Crippen LogP contribution in [0, 0.1) is 5.92 Å². The third-order valence-corrected chi connectivity index (χ3v) is 5.42. The summed E-state index contributed by atoms with van der Waals surface area (Å²) in [5.41, 5.74) is 1.57. The van der Waals surface area contributed by atoms with E-state index < -0.39 is 0 Å². The number of halogens is 2. The standard InChI is InChI=1S/C19H25N3O2S.2ClH/c1-3-24-16-6-4-15(5-7-16)18-21-17(13-25-18)19(23)22-10-8-14(9-11-22)12-20-2;;/h4-7,13-14,20H,3,8-12H2,1-2H3;2*1H. The van der Waals surface area contributed by atoms with Crippen molar-refractivity contribution in [3.63, 3.8) is 0 Å². The van der Waals surface area contributed by atoms with Gasteiger partial charge in [0.2, 0.25) is 0 Å². The zero-order chi connectivity index (χ0) is 17.6. The van der Waals surface area contributed by atoms with E-state index in [4.69, 9.17) is 4.74 Å². The SMILES string of the molecule is CCOc1ccc(-c2nc(C(=O)N3CCC(CNC)CC3)cs2)cc1.Cl.Cl. The summed E-state index contributed by atoms with van der Waals surface area (Å²) in [5.74, 6) is 1.57. The van der Waals surface area contributed by atoms with E-state index in [9.17, 15) is 4.79 Å². The van der Waals surface area contributed by atoms with Gasteiger partial charge in [0.15, 0.2) is 0 Å². The third-order valence-electron chi connectivity index (χ3n) is 4.53. The number of hydrogen-bond acceptors (Lipinski definition) is 5. The van der Waals surface area contributed by atoms with Crippen molar-refractivity contribution in [2.75, 3.05) is 33.3 Å². The van der Waals surface area contributed by atoms with E-state index in [2.05, 4.69) is 10.3 Å². The maximum atomic E-state index is 12.7. The molecule has 0 atom stereocenters. The van der Waals surface area contributed by atoms with Crippen LogP contribution < -0.4 is 10.1 Å². The number of nitrogens with one attached hydrogen (secondary N) is 1. The number of ether oxygens (including phenoxy) is 1. The number of piperidine rings is 1. The van der Waals surface area contributed by atoms with Crippen molar-refractivity contribution in [1.29, 1.82) is 0 Å². The van der Waals surface area contributed by atoms with Gasteiger partial charge in [0.05, 0.1) is 6.61 Å². The number of aromatic nitrogens is 1. The molecule has 8 heteroatoms. The van der Waals surface area contributed by atoms with Crippen molar-refractivity contribution in [3.8, 4) is 16.3 Å². The van der Waals surface area contributed by atoms with Gasteiger partial charge in [-0.25, -0.2) is 4.98 Å². The molecule has 1 N–H and O–H groups in total. The Hall–Kier alpha value is -1.34. The summed E-state index contributed by atoms with van der Waals surface area (Å²) in [4.78, 5) is 19.2. The fraction of sp³-hybridized carbons (Fsp3) is 0.474. The average Bonchev–Trinajstić information content (AvgIpc) is 3.13. The van der Waals surface area contributed by atoms with E-state index in [1.165, 1.54) is 11.3 Å². The lowest BCUT2D eigenvalue weighted by Gasteiger charge is -2.31.